The Bertz CT molecular complexity index is 549. The summed E-state index contributed by atoms with van der Waals surface area (Å²) >= 11 is 3.38. The summed E-state index contributed by atoms with van der Waals surface area (Å²) < 4.78 is 16.2. The standard InChI is InChI=1S/C14H13BrO4/c1-17-7-8-19-12-5-4-10(9-11(12)15)14(16)13-3-2-6-18-13/h2-6,9H,7-8H2,1H3. The molecule has 1 aromatic heterocycles. The van der Waals surface area contributed by atoms with Gasteiger partial charge in [0.15, 0.2) is 5.76 Å². The summed E-state index contributed by atoms with van der Waals surface area (Å²) in [5.74, 6) is 0.835. The fraction of sp³-hybridized carbons (Fsp3) is 0.214. The third kappa shape index (κ3) is 3.45. The van der Waals surface area contributed by atoms with Crippen molar-refractivity contribution >= 4 is 21.7 Å². The molecule has 1 aromatic carbocycles. The van der Waals surface area contributed by atoms with Crippen molar-refractivity contribution in [3.8, 4) is 5.75 Å². The van der Waals surface area contributed by atoms with Crippen LogP contribution in [0.4, 0.5) is 0 Å². The van der Waals surface area contributed by atoms with Crippen LogP contribution in [0.5, 0.6) is 5.75 Å². The van der Waals surface area contributed by atoms with E-state index in [1.165, 1.54) is 6.26 Å². The average molecular weight is 325 g/mol. The first-order valence-electron chi connectivity index (χ1n) is 5.72. The predicted octanol–water partition coefficient (Wildman–Crippen LogP) is 3.30. The molecule has 0 bridgehead atoms. The van der Waals surface area contributed by atoms with Crippen LogP contribution in [-0.4, -0.2) is 26.1 Å². The zero-order chi connectivity index (χ0) is 13.7. The Morgan fingerprint density at radius 1 is 1.32 bits per heavy atom. The molecule has 0 aliphatic heterocycles. The van der Waals surface area contributed by atoms with Gasteiger partial charge < -0.3 is 13.9 Å². The summed E-state index contributed by atoms with van der Waals surface area (Å²) in [6.07, 6.45) is 1.48. The number of ether oxygens (including phenoxy) is 2. The topological polar surface area (TPSA) is 48.7 Å². The van der Waals surface area contributed by atoms with Gasteiger partial charge in [-0.2, -0.15) is 0 Å². The zero-order valence-electron chi connectivity index (χ0n) is 10.4. The number of hydrogen-bond acceptors (Lipinski definition) is 4. The van der Waals surface area contributed by atoms with E-state index in [1.54, 1.807) is 37.4 Å². The average Bonchev–Trinajstić information content (AvgIpc) is 2.94. The van der Waals surface area contributed by atoms with Crippen molar-refractivity contribution < 1.29 is 18.7 Å². The first kappa shape index (κ1) is 13.8. The Balaban J connectivity index is 2.12. The number of benzene rings is 1. The minimum absolute atomic E-state index is 0.158. The minimum Gasteiger partial charge on any atom is -0.490 e. The van der Waals surface area contributed by atoms with Crippen molar-refractivity contribution in [1.82, 2.24) is 0 Å². The highest BCUT2D eigenvalue weighted by molar-refractivity contribution is 9.10. The fourth-order valence-electron chi connectivity index (χ4n) is 1.54. The molecule has 0 aliphatic rings. The van der Waals surface area contributed by atoms with Crippen LogP contribution in [0.15, 0.2) is 45.5 Å². The SMILES string of the molecule is COCCOc1ccc(C(=O)c2ccco2)cc1Br. The van der Waals surface area contributed by atoms with Gasteiger partial charge in [-0.3, -0.25) is 4.79 Å². The lowest BCUT2D eigenvalue weighted by Gasteiger charge is -2.08. The number of carbonyl (C=O) groups excluding carboxylic acids is 1. The van der Waals surface area contributed by atoms with E-state index in [9.17, 15) is 4.79 Å². The van der Waals surface area contributed by atoms with Crippen molar-refractivity contribution in [2.45, 2.75) is 0 Å². The summed E-state index contributed by atoms with van der Waals surface area (Å²) in [5, 5.41) is 0. The maximum atomic E-state index is 12.1. The molecule has 19 heavy (non-hydrogen) atoms. The van der Waals surface area contributed by atoms with Gasteiger partial charge >= 0.3 is 0 Å². The lowest BCUT2D eigenvalue weighted by atomic mass is 10.1. The number of hydrogen-bond donors (Lipinski definition) is 0. The van der Waals surface area contributed by atoms with Crippen molar-refractivity contribution in [2.24, 2.45) is 0 Å². The van der Waals surface area contributed by atoms with Gasteiger partial charge in [-0.05, 0) is 46.3 Å². The van der Waals surface area contributed by atoms with Crippen molar-refractivity contribution in [1.29, 1.82) is 0 Å². The quantitative estimate of drug-likeness (QED) is 0.604. The summed E-state index contributed by atoms with van der Waals surface area (Å²) in [4.78, 5) is 12.1. The monoisotopic (exact) mass is 324 g/mol. The minimum atomic E-state index is -0.158. The van der Waals surface area contributed by atoms with Crippen molar-refractivity contribution in [2.75, 3.05) is 20.3 Å². The molecule has 0 spiro atoms. The highest BCUT2D eigenvalue weighted by Crippen LogP contribution is 2.27. The van der Waals surface area contributed by atoms with Gasteiger partial charge in [0.25, 0.3) is 0 Å². The van der Waals surface area contributed by atoms with Crippen LogP contribution in [-0.2, 0) is 4.74 Å². The fourth-order valence-corrected chi connectivity index (χ4v) is 2.04. The number of ketones is 1. The van der Waals surface area contributed by atoms with E-state index in [4.69, 9.17) is 13.9 Å². The molecule has 0 fully saturated rings. The zero-order valence-corrected chi connectivity index (χ0v) is 12.0. The number of methoxy groups -OCH3 is 1. The second-order valence-corrected chi connectivity index (χ2v) is 4.65. The van der Waals surface area contributed by atoms with E-state index >= 15 is 0 Å². The Labute approximate surface area is 119 Å². The molecule has 0 saturated carbocycles. The summed E-state index contributed by atoms with van der Waals surface area (Å²) in [5.41, 5.74) is 0.543. The van der Waals surface area contributed by atoms with Gasteiger partial charge in [0.2, 0.25) is 5.78 Å². The molecule has 0 N–H and O–H groups in total. The predicted molar refractivity (Wildman–Crippen MR) is 73.7 cm³/mol. The summed E-state index contributed by atoms with van der Waals surface area (Å²) in [7, 11) is 1.61. The molecule has 0 aliphatic carbocycles. The lowest BCUT2D eigenvalue weighted by Crippen LogP contribution is -2.05. The first-order valence-corrected chi connectivity index (χ1v) is 6.51. The summed E-state index contributed by atoms with van der Waals surface area (Å²) in [6, 6.07) is 8.49. The molecule has 2 rings (SSSR count). The molecule has 0 atom stereocenters. The maximum Gasteiger partial charge on any atom is 0.228 e. The van der Waals surface area contributed by atoms with E-state index in [1.807, 2.05) is 0 Å². The lowest BCUT2D eigenvalue weighted by molar-refractivity contribution is 0.101. The van der Waals surface area contributed by atoms with Crippen LogP contribution in [0.3, 0.4) is 0 Å². The molecule has 1 heterocycles. The highest BCUT2D eigenvalue weighted by Gasteiger charge is 2.13. The third-order valence-electron chi connectivity index (χ3n) is 2.48. The Morgan fingerprint density at radius 3 is 2.79 bits per heavy atom. The van der Waals surface area contributed by atoms with E-state index in [2.05, 4.69) is 15.9 Å². The molecule has 5 heteroatoms. The van der Waals surface area contributed by atoms with E-state index in [0.717, 1.165) is 4.47 Å². The maximum absolute atomic E-state index is 12.1. The van der Waals surface area contributed by atoms with E-state index in [0.29, 0.717) is 30.3 Å². The number of rotatable bonds is 6. The van der Waals surface area contributed by atoms with Gasteiger partial charge in [0.05, 0.1) is 17.3 Å². The Kier molecular flexibility index (Phi) is 4.76. The van der Waals surface area contributed by atoms with Gasteiger partial charge in [-0.25, -0.2) is 0 Å². The molecule has 0 amide bonds. The second-order valence-electron chi connectivity index (χ2n) is 3.79. The molecule has 0 saturated heterocycles. The van der Waals surface area contributed by atoms with Gasteiger partial charge in [0, 0.05) is 12.7 Å². The first-order chi connectivity index (χ1) is 9.22. The van der Waals surface area contributed by atoms with Crippen LogP contribution in [0.25, 0.3) is 0 Å². The summed E-state index contributed by atoms with van der Waals surface area (Å²) in [6.45, 7) is 0.972. The van der Waals surface area contributed by atoms with Gasteiger partial charge in [0.1, 0.15) is 12.4 Å². The molecular formula is C14H13BrO4. The van der Waals surface area contributed by atoms with Gasteiger partial charge in [-0.15, -0.1) is 0 Å². The molecule has 100 valence electrons. The Hall–Kier alpha value is -1.59. The highest BCUT2D eigenvalue weighted by atomic mass is 79.9. The second kappa shape index (κ2) is 6.54. The smallest absolute Gasteiger partial charge is 0.228 e. The Morgan fingerprint density at radius 2 is 2.16 bits per heavy atom. The molecule has 0 unspecified atom stereocenters. The van der Waals surface area contributed by atoms with Crippen molar-refractivity contribution in [3.05, 3.63) is 52.4 Å². The number of carbonyl (C=O) groups is 1. The largest absolute Gasteiger partial charge is 0.490 e. The van der Waals surface area contributed by atoms with Crippen LogP contribution in [0.1, 0.15) is 16.1 Å². The van der Waals surface area contributed by atoms with Gasteiger partial charge in [-0.1, -0.05) is 0 Å². The van der Waals surface area contributed by atoms with Crippen molar-refractivity contribution in [3.63, 3.8) is 0 Å². The molecule has 4 nitrogen and oxygen atoms in total. The third-order valence-corrected chi connectivity index (χ3v) is 3.10. The van der Waals surface area contributed by atoms with Crippen LogP contribution in [0.2, 0.25) is 0 Å². The number of halogens is 1. The van der Waals surface area contributed by atoms with Crippen LogP contribution < -0.4 is 4.74 Å². The van der Waals surface area contributed by atoms with Crippen LogP contribution >= 0.6 is 15.9 Å². The number of furan rings is 1. The molecule has 0 radical (unpaired) electrons. The van der Waals surface area contributed by atoms with E-state index < -0.39 is 0 Å². The van der Waals surface area contributed by atoms with E-state index in [-0.39, 0.29) is 5.78 Å². The molecule has 2 aromatic rings. The molecular weight excluding hydrogens is 312 g/mol. The van der Waals surface area contributed by atoms with Crippen LogP contribution in [0, 0.1) is 0 Å². The normalized spacial score (nSPS) is 10.4.